The molecule has 0 unspecified atom stereocenters. The Morgan fingerprint density at radius 3 is 2.35 bits per heavy atom. The number of benzene rings is 1. The molecule has 0 spiro atoms. The van der Waals surface area contributed by atoms with Crippen molar-refractivity contribution in [3.63, 3.8) is 0 Å². The van der Waals surface area contributed by atoms with Gasteiger partial charge in [-0.2, -0.15) is 0 Å². The van der Waals surface area contributed by atoms with Gasteiger partial charge in [-0.05, 0) is 37.8 Å². The summed E-state index contributed by atoms with van der Waals surface area (Å²) in [5, 5.41) is 11.3. The van der Waals surface area contributed by atoms with Crippen molar-refractivity contribution in [3.05, 3.63) is 41.0 Å². The summed E-state index contributed by atoms with van der Waals surface area (Å²) in [4.78, 5) is 23.1. The van der Waals surface area contributed by atoms with Crippen LogP contribution in [0.4, 0.5) is 14.5 Å². The van der Waals surface area contributed by atoms with Crippen LogP contribution in [0.2, 0.25) is 0 Å². The van der Waals surface area contributed by atoms with E-state index in [0.717, 1.165) is 12.1 Å². The molecule has 106 valence electrons. The smallest absolute Gasteiger partial charge is 0.332 e. The number of hydrogen-bond donors (Lipinski definition) is 2. The van der Waals surface area contributed by atoms with Crippen molar-refractivity contribution in [2.75, 3.05) is 5.32 Å². The maximum atomic E-state index is 13.4. The number of carbonyl (C=O) groups excluding carboxylic acids is 1. The summed E-state index contributed by atoms with van der Waals surface area (Å²) in [5.74, 6) is -3.42. The van der Waals surface area contributed by atoms with Gasteiger partial charge in [0, 0.05) is 17.2 Å². The molecule has 0 heterocycles. The van der Waals surface area contributed by atoms with E-state index in [1.54, 1.807) is 0 Å². The van der Waals surface area contributed by atoms with Crippen molar-refractivity contribution in [2.24, 2.45) is 0 Å². The predicted molar refractivity (Wildman–Crippen MR) is 68.1 cm³/mol. The van der Waals surface area contributed by atoms with Crippen LogP contribution in [0.3, 0.4) is 0 Å². The molecule has 0 aliphatic heterocycles. The molecule has 1 aliphatic rings. The largest absolute Gasteiger partial charge is 0.478 e. The third-order valence-corrected chi connectivity index (χ3v) is 3.18. The Kier molecular flexibility index (Phi) is 4.12. The Bertz CT molecular complexity index is 596. The molecule has 2 N–H and O–H groups in total. The number of carboxylic acid groups (broad SMARTS) is 1. The highest BCUT2D eigenvalue weighted by molar-refractivity contribution is 6.08. The fourth-order valence-electron chi connectivity index (χ4n) is 2.18. The zero-order chi connectivity index (χ0) is 14.7. The number of anilines is 1. The highest BCUT2D eigenvalue weighted by Gasteiger charge is 2.24. The van der Waals surface area contributed by atoms with Crippen LogP contribution in [0.5, 0.6) is 0 Å². The van der Waals surface area contributed by atoms with Crippen LogP contribution in [-0.2, 0) is 9.59 Å². The molecule has 0 bridgehead atoms. The van der Waals surface area contributed by atoms with Gasteiger partial charge >= 0.3 is 5.97 Å². The molecule has 6 heteroatoms. The topological polar surface area (TPSA) is 66.4 Å². The first kappa shape index (κ1) is 14.2. The van der Waals surface area contributed by atoms with E-state index in [1.807, 2.05) is 0 Å². The molecule has 0 saturated carbocycles. The van der Waals surface area contributed by atoms with E-state index < -0.39 is 23.5 Å². The summed E-state index contributed by atoms with van der Waals surface area (Å²) in [6.45, 7) is 0. The average Bonchev–Trinajstić information content (AvgIpc) is 2.41. The number of carboxylic acids is 1. The minimum Gasteiger partial charge on any atom is -0.478 e. The second kappa shape index (κ2) is 5.81. The lowest BCUT2D eigenvalue weighted by Crippen LogP contribution is -2.21. The zero-order valence-corrected chi connectivity index (χ0v) is 10.6. The second-order valence-electron chi connectivity index (χ2n) is 4.55. The number of rotatable bonds is 3. The monoisotopic (exact) mass is 281 g/mol. The first-order valence-electron chi connectivity index (χ1n) is 6.20. The summed E-state index contributed by atoms with van der Waals surface area (Å²) in [6.07, 6.45) is 2.09. The summed E-state index contributed by atoms with van der Waals surface area (Å²) in [6, 6.07) is 2.78. The molecule has 1 aliphatic carbocycles. The minimum absolute atomic E-state index is 0.0660. The van der Waals surface area contributed by atoms with Crippen LogP contribution < -0.4 is 5.32 Å². The fraction of sp³-hybridized carbons (Fsp3) is 0.286. The van der Waals surface area contributed by atoms with Crippen molar-refractivity contribution in [2.45, 2.75) is 25.7 Å². The Labute approximate surface area is 114 Å². The lowest BCUT2D eigenvalue weighted by atomic mass is 9.91. The standard InChI is InChI=1S/C14H13F2NO3/c15-8-5-6-12(11(16)7-8)17-13(18)9-3-1-2-4-10(9)14(19)20/h5-7H,1-4H2,(H,17,18)(H,19,20). The lowest BCUT2D eigenvalue weighted by Gasteiger charge is -2.17. The maximum Gasteiger partial charge on any atom is 0.332 e. The van der Waals surface area contributed by atoms with Crippen molar-refractivity contribution in [1.82, 2.24) is 0 Å². The van der Waals surface area contributed by atoms with Gasteiger partial charge in [-0.3, -0.25) is 4.79 Å². The zero-order valence-electron chi connectivity index (χ0n) is 10.6. The molecular formula is C14H13F2NO3. The van der Waals surface area contributed by atoms with Crippen molar-refractivity contribution < 1.29 is 23.5 Å². The van der Waals surface area contributed by atoms with Gasteiger partial charge in [0.25, 0.3) is 5.91 Å². The van der Waals surface area contributed by atoms with Gasteiger partial charge in [0.05, 0.1) is 5.69 Å². The van der Waals surface area contributed by atoms with Crippen molar-refractivity contribution in [3.8, 4) is 0 Å². The molecule has 1 aromatic carbocycles. The number of halogens is 2. The van der Waals surface area contributed by atoms with Gasteiger partial charge in [-0.25, -0.2) is 13.6 Å². The maximum absolute atomic E-state index is 13.4. The first-order valence-corrected chi connectivity index (χ1v) is 6.20. The highest BCUT2D eigenvalue weighted by atomic mass is 19.1. The number of amides is 1. The van der Waals surface area contributed by atoms with Crippen molar-refractivity contribution >= 4 is 17.6 Å². The van der Waals surface area contributed by atoms with Gasteiger partial charge in [-0.15, -0.1) is 0 Å². The second-order valence-corrected chi connectivity index (χ2v) is 4.55. The third-order valence-electron chi connectivity index (χ3n) is 3.18. The quantitative estimate of drug-likeness (QED) is 0.895. The van der Waals surface area contributed by atoms with E-state index in [2.05, 4.69) is 5.32 Å². The molecule has 2 rings (SSSR count). The van der Waals surface area contributed by atoms with E-state index in [9.17, 15) is 18.4 Å². The fourth-order valence-corrected chi connectivity index (χ4v) is 2.18. The van der Waals surface area contributed by atoms with Gasteiger partial charge in [0.15, 0.2) is 0 Å². The van der Waals surface area contributed by atoms with Crippen LogP contribution in [0.25, 0.3) is 0 Å². The highest BCUT2D eigenvalue weighted by Crippen LogP contribution is 2.26. The number of carbonyl (C=O) groups is 2. The summed E-state index contributed by atoms with van der Waals surface area (Å²) in [7, 11) is 0. The number of hydrogen-bond acceptors (Lipinski definition) is 2. The Morgan fingerprint density at radius 1 is 1.10 bits per heavy atom. The van der Waals surface area contributed by atoms with E-state index in [4.69, 9.17) is 5.11 Å². The van der Waals surface area contributed by atoms with Crippen LogP contribution in [0.1, 0.15) is 25.7 Å². The average molecular weight is 281 g/mol. The Hall–Kier alpha value is -2.24. The Morgan fingerprint density at radius 2 is 1.75 bits per heavy atom. The lowest BCUT2D eigenvalue weighted by molar-refractivity contribution is -0.133. The minimum atomic E-state index is -1.13. The summed E-state index contributed by atoms with van der Waals surface area (Å²) in [5.41, 5.74) is 0.0583. The first-order chi connectivity index (χ1) is 9.49. The van der Waals surface area contributed by atoms with E-state index in [-0.39, 0.29) is 16.8 Å². The van der Waals surface area contributed by atoms with Crippen LogP contribution in [-0.4, -0.2) is 17.0 Å². The van der Waals surface area contributed by atoms with Crippen LogP contribution in [0, 0.1) is 11.6 Å². The molecule has 0 saturated heterocycles. The SMILES string of the molecule is O=C(O)C1=C(C(=O)Nc2ccc(F)cc2F)CCCC1. The van der Waals surface area contributed by atoms with Gasteiger partial charge in [0.2, 0.25) is 0 Å². The Balaban J connectivity index is 2.24. The number of nitrogens with one attached hydrogen (secondary N) is 1. The van der Waals surface area contributed by atoms with Gasteiger partial charge in [0.1, 0.15) is 11.6 Å². The molecule has 0 radical (unpaired) electrons. The van der Waals surface area contributed by atoms with Gasteiger partial charge < -0.3 is 10.4 Å². The molecule has 1 amide bonds. The predicted octanol–water partition coefficient (Wildman–Crippen LogP) is 2.86. The molecule has 0 aromatic heterocycles. The summed E-state index contributed by atoms with van der Waals surface area (Å²) >= 11 is 0. The van der Waals surface area contributed by atoms with E-state index >= 15 is 0 Å². The van der Waals surface area contributed by atoms with Crippen LogP contribution in [0.15, 0.2) is 29.3 Å². The molecular weight excluding hydrogens is 268 g/mol. The molecule has 0 atom stereocenters. The van der Waals surface area contributed by atoms with Crippen molar-refractivity contribution in [1.29, 1.82) is 0 Å². The molecule has 20 heavy (non-hydrogen) atoms. The third kappa shape index (κ3) is 3.01. The van der Waals surface area contributed by atoms with Crippen LogP contribution >= 0.6 is 0 Å². The molecule has 0 fully saturated rings. The van der Waals surface area contributed by atoms with Gasteiger partial charge in [-0.1, -0.05) is 0 Å². The normalized spacial score (nSPS) is 15.1. The molecule has 1 aromatic rings. The molecule has 4 nitrogen and oxygen atoms in total. The van der Waals surface area contributed by atoms with E-state index in [0.29, 0.717) is 31.7 Å². The number of aliphatic carboxylic acids is 1. The summed E-state index contributed by atoms with van der Waals surface area (Å²) < 4.78 is 26.2. The van der Waals surface area contributed by atoms with E-state index in [1.165, 1.54) is 0 Å².